The minimum atomic E-state index is -0.309. The molecule has 2 aliphatic rings. The van der Waals surface area contributed by atoms with Crippen LogP contribution < -0.4 is 15.5 Å². The summed E-state index contributed by atoms with van der Waals surface area (Å²) in [6, 6.07) is 20.0. The number of para-hydroxylation sites is 1. The second kappa shape index (κ2) is 9.69. The van der Waals surface area contributed by atoms with Gasteiger partial charge in [0.25, 0.3) is 0 Å². The van der Waals surface area contributed by atoms with Crippen LogP contribution >= 0.6 is 0 Å². The van der Waals surface area contributed by atoms with Crippen LogP contribution in [0, 0.1) is 26.6 Å². The third kappa shape index (κ3) is 4.55. The van der Waals surface area contributed by atoms with Gasteiger partial charge in [0.15, 0.2) is 0 Å². The van der Waals surface area contributed by atoms with Crippen molar-refractivity contribution >= 4 is 23.0 Å². The Balaban J connectivity index is 1.57. The van der Waals surface area contributed by atoms with E-state index in [1.165, 1.54) is 17.3 Å². The molecule has 186 valence electrons. The lowest BCUT2D eigenvalue weighted by Gasteiger charge is -2.46. The Kier molecular flexibility index (Phi) is 6.44. The second-order valence-electron chi connectivity index (χ2n) is 9.94. The molecule has 0 bridgehead atoms. The van der Waals surface area contributed by atoms with E-state index < -0.39 is 0 Å². The highest BCUT2D eigenvalue weighted by molar-refractivity contribution is 6.01. The lowest BCUT2D eigenvalue weighted by molar-refractivity contribution is 0.373. The third-order valence-electron chi connectivity index (χ3n) is 7.12. The van der Waals surface area contributed by atoms with Crippen LogP contribution in [0.25, 0.3) is 0 Å². The molecule has 1 fully saturated rings. The molecule has 5 rings (SSSR count). The summed E-state index contributed by atoms with van der Waals surface area (Å²) >= 11 is 0. The monoisotopic (exact) mass is 483 g/mol. The number of anilines is 2. The van der Waals surface area contributed by atoms with Crippen LogP contribution in [0.4, 0.5) is 21.5 Å². The van der Waals surface area contributed by atoms with Crippen LogP contribution in [0.15, 0.2) is 77.9 Å². The lowest BCUT2D eigenvalue weighted by Crippen LogP contribution is -2.55. The van der Waals surface area contributed by atoms with Gasteiger partial charge in [-0.15, -0.1) is 0 Å². The first kappa shape index (κ1) is 23.9. The van der Waals surface area contributed by atoms with Gasteiger partial charge in [-0.2, -0.15) is 0 Å². The van der Waals surface area contributed by atoms with Gasteiger partial charge in [-0.25, -0.2) is 9.38 Å². The van der Waals surface area contributed by atoms with E-state index in [1.807, 2.05) is 6.07 Å². The topological polar surface area (TPSA) is 48.1 Å². The molecule has 0 radical (unpaired) electrons. The number of aliphatic imine (C=N–C) groups is 1. The van der Waals surface area contributed by atoms with E-state index in [9.17, 15) is 0 Å². The number of aryl methyl sites for hydroxylation is 3. The highest BCUT2D eigenvalue weighted by Crippen LogP contribution is 2.43. The standard InChI is InChI=1S/C30H34FN5/c1-20-7-5-8-24(17-20)34-13-15-35(16-14-34)30-33-29-25(9-6-10-26(29)31)28(19-23(4)32)36(30)27-18-21(2)11-12-22(27)3/h5-12,17-18,28H,4,13-16,19,32H2,1-3H3. The zero-order chi connectivity index (χ0) is 25.4. The molecule has 2 heterocycles. The van der Waals surface area contributed by atoms with E-state index in [2.05, 4.69) is 84.5 Å². The predicted octanol–water partition coefficient (Wildman–Crippen LogP) is 5.98. The van der Waals surface area contributed by atoms with Crippen LogP contribution in [0.5, 0.6) is 0 Å². The Morgan fingerprint density at radius 2 is 1.64 bits per heavy atom. The molecule has 3 aromatic rings. The Labute approximate surface area is 213 Å². The summed E-state index contributed by atoms with van der Waals surface area (Å²) in [5, 5.41) is 0. The Hall–Kier alpha value is -3.80. The van der Waals surface area contributed by atoms with Gasteiger partial charge in [-0.05, 0) is 61.7 Å². The summed E-state index contributed by atoms with van der Waals surface area (Å²) in [4.78, 5) is 11.9. The van der Waals surface area contributed by atoms with Crippen molar-refractivity contribution in [1.82, 2.24) is 4.90 Å². The minimum Gasteiger partial charge on any atom is -0.402 e. The van der Waals surface area contributed by atoms with E-state index in [-0.39, 0.29) is 11.9 Å². The van der Waals surface area contributed by atoms with Crippen LogP contribution in [-0.4, -0.2) is 37.0 Å². The largest absolute Gasteiger partial charge is 0.402 e. The highest BCUT2D eigenvalue weighted by Gasteiger charge is 2.37. The summed E-state index contributed by atoms with van der Waals surface area (Å²) in [6.07, 6.45) is 0.506. The van der Waals surface area contributed by atoms with E-state index in [0.29, 0.717) is 17.8 Å². The SMILES string of the molecule is C=C(N)CC1c2cccc(F)c2N=C(N2CCN(c3cccc(C)c3)CC2)N1c1cc(C)ccc1C. The van der Waals surface area contributed by atoms with Crippen molar-refractivity contribution in [2.75, 3.05) is 36.0 Å². The van der Waals surface area contributed by atoms with E-state index in [1.54, 1.807) is 6.07 Å². The smallest absolute Gasteiger partial charge is 0.207 e. The average Bonchev–Trinajstić information content (AvgIpc) is 2.86. The molecule has 0 aliphatic carbocycles. The first-order valence-electron chi connectivity index (χ1n) is 12.5. The number of benzene rings is 3. The zero-order valence-electron chi connectivity index (χ0n) is 21.3. The summed E-state index contributed by atoms with van der Waals surface area (Å²) in [6.45, 7) is 13.6. The third-order valence-corrected chi connectivity index (χ3v) is 7.12. The van der Waals surface area contributed by atoms with Gasteiger partial charge < -0.3 is 20.4 Å². The minimum absolute atomic E-state index is 0.198. The fourth-order valence-corrected chi connectivity index (χ4v) is 5.27. The summed E-state index contributed by atoms with van der Waals surface area (Å²) in [5.74, 6) is 0.466. The molecule has 0 spiro atoms. The van der Waals surface area contributed by atoms with Gasteiger partial charge in [0.2, 0.25) is 5.96 Å². The lowest BCUT2D eigenvalue weighted by atomic mass is 9.95. The quantitative estimate of drug-likeness (QED) is 0.496. The van der Waals surface area contributed by atoms with Crippen LogP contribution in [0.1, 0.15) is 34.7 Å². The molecule has 1 unspecified atom stereocenters. The summed E-state index contributed by atoms with van der Waals surface area (Å²) in [5.41, 5.74) is 13.8. The van der Waals surface area contributed by atoms with Crippen LogP contribution in [0.2, 0.25) is 0 Å². The molecule has 1 atom stereocenters. The normalized spacial score (nSPS) is 17.6. The van der Waals surface area contributed by atoms with Crippen LogP contribution in [0.3, 0.4) is 0 Å². The number of rotatable bonds is 4. The van der Waals surface area contributed by atoms with Crippen LogP contribution in [-0.2, 0) is 0 Å². The number of halogens is 1. The van der Waals surface area contributed by atoms with Gasteiger partial charge in [0.05, 0.1) is 6.04 Å². The molecule has 6 heteroatoms. The molecule has 5 nitrogen and oxygen atoms in total. The van der Waals surface area contributed by atoms with Crippen molar-refractivity contribution in [3.63, 3.8) is 0 Å². The molecule has 1 saturated heterocycles. The van der Waals surface area contributed by atoms with Gasteiger partial charge in [-0.1, -0.05) is 43.0 Å². The maximum absolute atomic E-state index is 15.1. The second-order valence-corrected chi connectivity index (χ2v) is 9.94. The molecule has 3 aromatic carbocycles. The van der Waals surface area contributed by atoms with E-state index >= 15 is 4.39 Å². The maximum Gasteiger partial charge on any atom is 0.207 e. The molecule has 0 aromatic heterocycles. The summed E-state index contributed by atoms with van der Waals surface area (Å²) in [7, 11) is 0. The molecule has 2 aliphatic heterocycles. The molecule has 2 N–H and O–H groups in total. The van der Waals surface area contributed by atoms with Crippen molar-refractivity contribution in [2.45, 2.75) is 33.2 Å². The first-order valence-corrected chi connectivity index (χ1v) is 12.5. The molecular formula is C30H34FN5. The van der Waals surface area contributed by atoms with Crippen molar-refractivity contribution < 1.29 is 4.39 Å². The van der Waals surface area contributed by atoms with Gasteiger partial charge in [-0.3, -0.25) is 0 Å². The molecular weight excluding hydrogens is 449 g/mol. The number of piperazine rings is 1. The predicted molar refractivity (Wildman–Crippen MR) is 148 cm³/mol. The van der Waals surface area contributed by atoms with Gasteiger partial charge in [0.1, 0.15) is 11.5 Å². The van der Waals surface area contributed by atoms with E-state index in [0.717, 1.165) is 54.5 Å². The maximum atomic E-state index is 15.1. The highest BCUT2D eigenvalue weighted by atomic mass is 19.1. The number of nitrogens with two attached hydrogens (primary N) is 1. The van der Waals surface area contributed by atoms with Gasteiger partial charge in [0, 0.05) is 55.2 Å². The number of hydrogen-bond donors (Lipinski definition) is 1. The Morgan fingerprint density at radius 1 is 0.944 bits per heavy atom. The molecule has 36 heavy (non-hydrogen) atoms. The molecule has 0 amide bonds. The number of nitrogens with zero attached hydrogens (tertiary/aromatic N) is 4. The molecule has 0 saturated carbocycles. The average molecular weight is 484 g/mol. The number of guanidine groups is 1. The first-order chi connectivity index (χ1) is 17.3. The van der Waals surface area contributed by atoms with Crippen molar-refractivity contribution in [2.24, 2.45) is 10.7 Å². The zero-order valence-corrected chi connectivity index (χ0v) is 21.3. The van der Waals surface area contributed by atoms with Crippen molar-refractivity contribution in [1.29, 1.82) is 0 Å². The van der Waals surface area contributed by atoms with Crippen molar-refractivity contribution in [3.8, 4) is 0 Å². The van der Waals surface area contributed by atoms with E-state index in [4.69, 9.17) is 10.7 Å². The number of fused-ring (bicyclic) bond motifs is 1. The van der Waals surface area contributed by atoms with Crippen molar-refractivity contribution in [3.05, 3.63) is 101 Å². The van der Waals surface area contributed by atoms with Gasteiger partial charge >= 0.3 is 0 Å². The Bertz CT molecular complexity index is 1320. The fraction of sp³-hybridized carbons (Fsp3) is 0.300. The Morgan fingerprint density at radius 3 is 2.36 bits per heavy atom. The summed E-state index contributed by atoms with van der Waals surface area (Å²) < 4.78 is 15.1. The number of hydrogen-bond acceptors (Lipinski definition) is 5. The fourth-order valence-electron chi connectivity index (χ4n) is 5.27.